The Morgan fingerprint density at radius 1 is 1.00 bits per heavy atom. The Balaban J connectivity index is 1.58. The minimum absolute atomic E-state index is 0.396. The molecule has 1 aromatic carbocycles. The van der Waals surface area contributed by atoms with E-state index in [4.69, 9.17) is 10.1 Å². The lowest BCUT2D eigenvalue weighted by atomic mass is 10.2. The third-order valence-corrected chi connectivity index (χ3v) is 5.91. The predicted octanol–water partition coefficient (Wildman–Crippen LogP) is 2.99. The van der Waals surface area contributed by atoms with Crippen molar-refractivity contribution < 1.29 is 0 Å². The van der Waals surface area contributed by atoms with E-state index in [1.807, 2.05) is 11.4 Å². The lowest BCUT2D eigenvalue weighted by Gasteiger charge is -2.35. The van der Waals surface area contributed by atoms with E-state index in [-0.39, 0.29) is 0 Å². The summed E-state index contributed by atoms with van der Waals surface area (Å²) in [6.45, 7) is 15.6. The van der Waals surface area contributed by atoms with Crippen LogP contribution in [0.5, 0.6) is 0 Å². The summed E-state index contributed by atoms with van der Waals surface area (Å²) in [5.41, 5.74) is 2.29. The summed E-state index contributed by atoms with van der Waals surface area (Å²) in [5.74, 6) is 2.62. The van der Waals surface area contributed by atoms with Crippen LogP contribution in [0.25, 0.3) is 5.78 Å². The second-order valence-electron chi connectivity index (χ2n) is 8.40. The third-order valence-electron chi connectivity index (χ3n) is 5.91. The van der Waals surface area contributed by atoms with Gasteiger partial charge in [0.15, 0.2) is 5.82 Å². The van der Waals surface area contributed by atoms with E-state index in [0.717, 1.165) is 56.6 Å². The van der Waals surface area contributed by atoms with Gasteiger partial charge in [0.25, 0.3) is 5.78 Å². The molecule has 0 aliphatic carbocycles. The van der Waals surface area contributed by atoms with Crippen LogP contribution in [0.15, 0.2) is 36.4 Å². The Morgan fingerprint density at radius 3 is 2.40 bits per heavy atom. The Kier molecular flexibility index (Phi) is 6.29. The largest absolute Gasteiger partial charge is 0.354 e. The first-order valence-corrected chi connectivity index (χ1v) is 11.0. The van der Waals surface area contributed by atoms with Crippen molar-refractivity contribution in [3.8, 4) is 0 Å². The van der Waals surface area contributed by atoms with Crippen LogP contribution in [-0.4, -0.2) is 68.1 Å². The fraction of sp³-hybridized carbons (Fsp3) is 0.522. The zero-order valence-corrected chi connectivity index (χ0v) is 18.6. The third kappa shape index (κ3) is 4.63. The summed E-state index contributed by atoms with van der Waals surface area (Å²) in [5, 5.41) is 4.88. The topological polar surface area (TPSA) is 52.8 Å². The minimum atomic E-state index is 0.396. The first kappa shape index (κ1) is 20.8. The highest BCUT2D eigenvalue weighted by molar-refractivity contribution is 5.48. The van der Waals surface area contributed by atoms with Gasteiger partial charge in [-0.15, -0.1) is 5.10 Å². The van der Waals surface area contributed by atoms with Gasteiger partial charge in [0, 0.05) is 50.5 Å². The number of aromatic nitrogens is 4. The first-order valence-electron chi connectivity index (χ1n) is 11.0. The van der Waals surface area contributed by atoms with Gasteiger partial charge in [-0.05, 0) is 32.9 Å². The van der Waals surface area contributed by atoms with Gasteiger partial charge in [0.05, 0.1) is 6.54 Å². The van der Waals surface area contributed by atoms with Crippen molar-refractivity contribution in [1.29, 1.82) is 0 Å². The molecule has 2 aromatic heterocycles. The van der Waals surface area contributed by atoms with E-state index in [9.17, 15) is 0 Å². The zero-order valence-electron chi connectivity index (χ0n) is 18.6. The van der Waals surface area contributed by atoms with Crippen molar-refractivity contribution in [2.45, 2.75) is 46.8 Å². The highest BCUT2D eigenvalue weighted by atomic mass is 15.4. The van der Waals surface area contributed by atoms with Gasteiger partial charge in [-0.1, -0.05) is 37.3 Å². The highest BCUT2D eigenvalue weighted by Gasteiger charge is 2.21. The maximum absolute atomic E-state index is 4.88. The molecule has 1 fully saturated rings. The maximum Gasteiger partial charge on any atom is 0.254 e. The molecule has 0 radical (unpaired) electrons. The van der Waals surface area contributed by atoms with Gasteiger partial charge in [-0.2, -0.15) is 9.50 Å². The predicted molar refractivity (Wildman–Crippen MR) is 121 cm³/mol. The molecular weight excluding hydrogens is 374 g/mol. The molecule has 160 valence electrons. The monoisotopic (exact) mass is 407 g/mol. The molecule has 0 saturated carbocycles. The number of aryl methyl sites for hydroxylation is 1. The SMILES string of the molecule is CCN1CCN(c2cc(C)nc3nc(CN(Cc4ccccc4)C(C)C)nn23)CC1. The second-order valence-corrected chi connectivity index (χ2v) is 8.40. The van der Waals surface area contributed by atoms with E-state index >= 15 is 0 Å². The summed E-state index contributed by atoms with van der Waals surface area (Å²) in [6.07, 6.45) is 0. The number of piperazine rings is 1. The van der Waals surface area contributed by atoms with Crippen LogP contribution in [0.1, 0.15) is 37.9 Å². The van der Waals surface area contributed by atoms with Crippen LogP contribution < -0.4 is 4.90 Å². The van der Waals surface area contributed by atoms with Gasteiger partial charge in [0.2, 0.25) is 0 Å². The molecule has 0 unspecified atom stereocenters. The number of rotatable bonds is 7. The number of nitrogens with zero attached hydrogens (tertiary/aromatic N) is 7. The van der Waals surface area contributed by atoms with Crippen molar-refractivity contribution in [3.05, 3.63) is 53.5 Å². The molecule has 4 rings (SSSR count). The van der Waals surface area contributed by atoms with Crippen molar-refractivity contribution >= 4 is 11.6 Å². The van der Waals surface area contributed by atoms with Gasteiger partial charge in [-0.25, -0.2) is 4.98 Å². The van der Waals surface area contributed by atoms with Crippen LogP contribution in [-0.2, 0) is 13.1 Å². The summed E-state index contributed by atoms with van der Waals surface area (Å²) in [6, 6.07) is 13.1. The molecule has 3 heterocycles. The van der Waals surface area contributed by atoms with Crippen LogP contribution in [0.2, 0.25) is 0 Å². The number of hydrogen-bond donors (Lipinski definition) is 0. The van der Waals surface area contributed by atoms with Gasteiger partial charge >= 0.3 is 0 Å². The van der Waals surface area contributed by atoms with E-state index in [1.54, 1.807) is 0 Å². The molecule has 1 aliphatic rings. The lowest BCUT2D eigenvalue weighted by molar-refractivity contribution is 0.198. The molecule has 0 spiro atoms. The standard InChI is InChI=1S/C23H33N7/c1-5-27-11-13-28(14-12-27)22-15-19(4)24-23-25-21(26-30(22)23)17-29(18(2)3)16-20-9-7-6-8-10-20/h6-10,15,18H,5,11-14,16-17H2,1-4H3. The normalized spacial score (nSPS) is 15.6. The van der Waals surface area contributed by atoms with Crippen molar-refractivity contribution in [2.24, 2.45) is 0 Å². The lowest BCUT2D eigenvalue weighted by Crippen LogP contribution is -2.46. The quantitative estimate of drug-likeness (QED) is 0.600. The minimum Gasteiger partial charge on any atom is -0.354 e. The summed E-state index contributed by atoms with van der Waals surface area (Å²) in [4.78, 5) is 16.7. The summed E-state index contributed by atoms with van der Waals surface area (Å²) < 4.78 is 1.94. The highest BCUT2D eigenvalue weighted by Crippen LogP contribution is 2.19. The average molecular weight is 408 g/mol. The van der Waals surface area contributed by atoms with E-state index in [2.05, 4.69) is 76.9 Å². The molecule has 3 aromatic rings. The number of hydrogen-bond acceptors (Lipinski definition) is 6. The first-order chi connectivity index (χ1) is 14.5. The maximum atomic E-state index is 4.88. The second kappa shape index (κ2) is 9.10. The Bertz CT molecular complexity index is 958. The van der Waals surface area contributed by atoms with Crippen LogP contribution >= 0.6 is 0 Å². The Hall–Kier alpha value is -2.51. The Labute approximate surface area is 179 Å². The fourth-order valence-electron chi connectivity index (χ4n) is 4.02. The molecule has 0 N–H and O–H groups in total. The van der Waals surface area contributed by atoms with Crippen molar-refractivity contribution in [1.82, 2.24) is 29.4 Å². The molecule has 7 heteroatoms. The summed E-state index contributed by atoms with van der Waals surface area (Å²) >= 11 is 0. The van der Waals surface area contributed by atoms with E-state index < -0.39 is 0 Å². The van der Waals surface area contributed by atoms with Gasteiger partial charge in [0.1, 0.15) is 5.82 Å². The molecule has 1 aliphatic heterocycles. The number of anilines is 1. The number of likely N-dealkylation sites (N-methyl/N-ethyl adjacent to an activating group) is 1. The van der Waals surface area contributed by atoms with E-state index in [1.165, 1.54) is 5.56 Å². The number of fused-ring (bicyclic) bond motifs is 1. The Morgan fingerprint density at radius 2 is 1.73 bits per heavy atom. The average Bonchev–Trinajstić information content (AvgIpc) is 3.15. The number of benzene rings is 1. The van der Waals surface area contributed by atoms with Crippen LogP contribution in [0, 0.1) is 6.92 Å². The molecule has 1 saturated heterocycles. The van der Waals surface area contributed by atoms with Gasteiger partial charge < -0.3 is 9.80 Å². The molecule has 30 heavy (non-hydrogen) atoms. The zero-order chi connectivity index (χ0) is 21.1. The smallest absolute Gasteiger partial charge is 0.254 e. The van der Waals surface area contributed by atoms with Crippen molar-refractivity contribution in [2.75, 3.05) is 37.6 Å². The molecule has 7 nitrogen and oxygen atoms in total. The summed E-state index contributed by atoms with van der Waals surface area (Å²) in [7, 11) is 0. The molecule has 0 amide bonds. The molecule has 0 atom stereocenters. The van der Waals surface area contributed by atoms with Crippen molar-refractivity contribution in [3.63, 3.8) is 0 Å². The van der Waals surface area contributed by atoms with E-state index in [0.29, 0.717) is 18.4 Å². The van der Waals surface area contributed by atoms with Gasteiger partial charge in [-0.3, -0.25) is 4.90 Å². The molecular formula is C23H33N7. The van der Waals surface area contributed by atoms with Crippen LogP contribution in [0.3, 0.4) is 0 Å². The fourth-order valence-corrected chi connectivity index (χ4v) is 4.02. The van der Waals surface area contributed by atoms with Crippen LogP contribution in [0.4, 0.5) is 5.82 Å². The molecule has 0 bridgehead atoms.